The van der Waals surface area contributed by atoms with Gasteiger partial charge in [-0.25, -0.2) is 0 Å². The zero-order chi connectivity index (χ0) is 19.5. The number of hydrogen-bond donors (Lipinski definition) is 3. The molecule has 2 rings (SSSR count). The summed E-state index contributed by atoms with van der Waals surface area (Å²) in [5.41, 5.74) is 8.08. The minimum atomic E-state index is -0.413. The number of amides is 1. The SMILES string of the molecule is CCN(CCCNC(=NC)NCc1ccc(C(N)=O)cc1)c1ccccc1. The number of anilines is 1. The summed E-state index contributed by atoms with van der Waals surface area (Å²) < 4.78 is 0. The highest BCUT2D eigenvalue weighted by Gasteiger charge is 2.04. The van der Waals surface area contributed by atoms with Gasteiger partial charge >= 0.3 is 0 Å². The Morgan fingerprint density at radius 1 is 1.07 bits per heavy atom. The molecule has 0 aromatic heterocycles. The van der Waals surface area contributed by atoms with E-state index in [4.69, 9.17) is 5.73 Å². The Morgan fingerprint density at radius 2 is 1.78 bits per heavy atom. The average Bonchev–Trinajstić information content (AvgIpc) is 2.71. The fourth-order valence-electron chi connectivity index (χ4n) is 2.78. The molecule has 0 radical (unpaired) electrons. The van der Waals surface area contributed by atoms with Crippen LogP contribution in [0.25, 0.3) is 0 Å². The van der Waals surface area contributed by atoms with Gasteiger partial charge in [-0.3, -0.25) is 9.79 Å². The Kier molecular flexibility index (Phi) is 8.16. The van der Waals surface area contributed by atoms with Crippen molar-refractivity contribution in [2.75, 3.05) is 31.6 Å². The maximum absolute atomic E-state index is 11.1. The number of carbonyl (C=O) groups is 1. The van der Waals surface area contributed by atoms with E-state index in [1.54, 1.807) is 19.2 Å². The predicted molar refractivity (Wildman–Crippen MR) is 112 cm³/mol. The van der Waals surface area contributed by atoms with Crippen molar-refractivity contribution in [2.24, 2.45) is 10.7 Å². The zero-order valence-corrected chi connectivity index (χ0v) is 16.1. The zero-order valence-electron chi connectivity index (χ0n) is 16.1. The minimum Gasteiger partial charge on any atom is -0.372 e. The molecule has 2 aromatic rings. The second-order valence-corrected chi connectivity index (χ2v) is 6.18. The Morgan fingerprint density at radius 3 is 2.37 bits per heavy atom. The van der Waals surface area contributed by atoms with Crippen LogP contribution in [0, 0.1) is 0 Å². The quantitative estimate of drug-likeness (QED) is 0.361. The van der Waals surface area contributed by atoms with E-state index in [2.05, 4.69) is 51.7 Å². The molecule has 0 unspecified atom stereocenters. The van der Waals surface area contributed by atoms with Crippen LogP contribution in [0.1, 0.15) is 29.3 Å². The molecule has 0 atom stereocenters. The molecule has 6 heteroatoms. The molecule has 1 amide bonds. The molecule has 0 spiro atoms. The van der Waals surface area contributed by atoms with E-state index in [0.717, 1.165) is 37.6 Å². The van der Waals surface area contributed by atoms with Crippen molar-refractivity contribution in [3.63, 3.8) is 0 Å². The summed E-state index contributed by atoms with van der Waals surface area (Å²) in [5, 5.41) is 6.62. The lowest BCUT2D eigenvalue weighted by Crippen LogP contribution is -2.38. The van der Waals surface area contributed by atoms with Gasteiger partial charge in [0, 0.05) is 44.5 Å². The summed E-state index contributed by atoms with van der Waals surface area (Å²) in [5.74, 6) is 0.348. The van der Waals surface area contributed by atoms with Crippen LogP contribution in [0.4, 0.5) is 5.69 Å². The number of nitrogens with two attached hydrogens (primary N) is 1. The summed E-state index contributed by atoms with van der Waals surface area (Å²) in [6.45, 7) is 5.61. The van der Waals surface area contributed by atoms with E-state index >= 15 is 0 Å². The van der Waals surface area contributed by atoms with Gasteiger partial charge in [-0.15, -0.1) is 0 Å². The Bertz CT molecular complexity index is 728. The first-order valence-electron chi connectivity index (χ1n) is 9.27. The van der Waals surface area contributed by atoms with Gasteiger partial charge in [0.15, 0.2) is 5.96 Å². The van der Waals surface area contributed by atoms with Crippen molar-refractivity contribution >= 4 is 17.6 Å². The van der Waals surface area contributed by atoms with Gasteiger partial charge in [0.1, 0.15) is 0 Å². The van der Waals surface area contributed by atoms with E-state index in [1.165, 1.54) is 5.69 Å². The van der Waals surface area contributed by atoms with Crippen LogP contribution in [-0.4, -0.2) is 38.5 Å². The number of benzene rings is 2. The van der Waals surface area contributed by atoms with Gasteiger partial charge in [0.25, 0.3) is 0 Å². The van der Waals surface area contributed by atoms with Crippen molar-refractivity contribution in [3.8, 4) is 0 Å². The first-order valence-corrected chi connectivity index (χ1v) is 9.27. The maximum atomic E-state index is 11.1. The summed E-state index contributed by atoms with van der Waals surface area (Å²) in [7, 11) is 1.76. The molecular formula is C21H29N5O. The second kappa shape index (κ2) is 10.9. The highest BCUT2D eigenvalue weighted by Crippen LogP contribution is 2.12. The number of aliphatic imine (C=N–C) groups is 1. The standard InChI is InChI=1S/C21H29N5O/c1-3-26(19-8-5-4-6-9-19)15-7-14-24-21(23-2)25-16-17-10-12-18(13-11-17)20(22)27/h4-6,8-13H,3,7,14-16H2,1-2H3,(H2,22,27)(H2,23,24,25). The third kappa shape index (κ3) is 6.66. The Hall–Kier alpha value is -3.02. The van der Waals surface area contributed by atoms with E-state index in [1.807, 2.05) is 18.2 Å². The van der Waals surface area contributed by atoms with Gasteiger partial charge < -0.3 is 21.3 Å². The molecule has 0 bridgehead atoms. The van der Waals surface area contributed by atoms with Gasteiger partial charge in [-0.2, -0.15) is 0 Å². The monoisotopic (exact) mass is 367 g/mol. The molecule has 144 valence electrons. The molecule has 0 fully saturated rings. The largest absolute Gasteiger partial charge is 0.372 e. The molecule has 0 aliphatic carbocycles. The van der Waals surface area contributed by atoms with Crippen molar-refractivity contribution in [2.45, 2.75) is 19.9 Å². The van der Waals surface area contributed by atoms with Crippen molar-refractivity contribution in [1.29, 1.82) is 0 Å². The topological polar surface area (TPSA) is 82.8 Å². The van der Waals surface area contributed by atoms with Crippen molar-refractivity contribution in [1.82, 2.24) is 10.6 Å². The summed E-state index contributed by atoms with van der Waals surface area (Å²) in [4.78, 5) is 17.7. The summed E-state index contributed by atoms with van der Waals surface area (Å²) in [6, 6.07) is 17.7. The first kappa shape index (κ1) is 20.3. The number of primary amides is 1. The molecule has 27 heavy (non-hydrogen) atoms. The molecule has 0 aliphatic heterocycles. The molecule has 2 aromatic carbocycles. The second-order valence-electron chi connectivity index (χ2n) is 6.18. The molecule has 4 N–H and O–H groups in total. The van der Waals surface area contributed by atoms with Gasteiger partial charge in [0.2, 0.25) is 5.91 Å². The molecule has 0 saturated heterocycles. The van der Waals surface area contributed by atoms with Crippen LogP contribution in [0.3, 0.4) is 0 Å². The third-order valence-corrected chi connectivity index (χ3v) is 4.32. The van der Waals surface area contributed by atoms with Gasteiger partial charge in [0.05, 0.1) is 0 Å². The van der Waals surface area contributed by atoms with Crippen LogP contribution in [-0.2, 0) is 6.54 Å². The third-order valence-electron chi connectivity index (χ3n) is 4.32. The number of guanidine groups is 1. The number of hydrogen-bond acceptors (Lipinski definition) is 3. The van der Waals surface area contributed by atoms with Crippen LogP contribution in [0.2, 0.25) is 0 Å². The highest BCUT2D eigenvalue weighted by atomic mass is 16.1. The normalized spacial score (nSPS) is 11.1. The molecular weight excluding hydrogens is 338 g/mol. The lowest BCUT2D eigenvalue weighted by molar-refractivity contribution is 0.100. The summed E-state index contributed by atoms with van der Waals surface area (Å²) >= 11 is 0. The van der Waals surface area contributed by atoms with E-state index < -0.39 is 5.91 Å². The Labute approximate surface area is 161 Å². The molecule has 0 saturated carbocycles. The fourth-order valence-corrected chi connectivity index (χ4v) is 2.78. The number of rotatable bonds is 9. The fraction of sp³-hybridized carbons (Fsp3) is 0.333. The lowest BCUT2D eigenvalue weighted by Gasteiger charge is -2.23. The minimum absolute atomic E-state index is 0.413. The first-order chi connectivity index (χ1) is 13.1. The molecule has 6 nitrogen and oxygen atoms in total. The van der Waals surface area contributed by atoms with Crippen LogP contribution in [0.5, 0.6) is 0 Å². The van der Waals surface area contributed by atoms with Crippen molar-refractivity contribution < 1.29 is 4.79 Å². The van der Waals surface area contributed by atoms with E-state index in [0.29, 0.717) is 12.1 Å². The van der Waals surface area contributed by atoms with Gasteiger partial charge in [-0.05, 0) is 43.2 Å². The van der Waals surface area contributed by atoms with Crippen LogP contribution < -0.4 is 21.3 Å². The molecule has 0 heterocycles. The maximum Gasteiger partial charge on any atom is 0.248 e. The van der Waals surface area contributed by atoms with Gasteiger partial charge in [-0.1, -0.05) is 30.3 Å². The van der Waals surface area contributed by atoms with Crippen molar-refractivity contribution in [3.05, 3.63) is 65.7 Å². The number of carbonyl (C=O) groups excluding carboxylic acids is 1. The predicted octanol–water partition coefficient (Wildman–Crippen LogP) is 2.37. The van der Waals surface area contributed by atoms with E-state index in [9.17, 15) is 4.79 Å². The number of nitrogens with one attached hydrogen (secondary N) is 2. The lowest BCUT2D eigenvalue weighted by atomic mass is 10.1. The number of para-hydroxylation sites is 1. The summed E-state index contributed by atoms with van der Waals surface area (Å²) in [6.07, 6.45) is 1.01. The van der Waals surface area contributed by atoms with Crippen LogP contribution >= 0.6 is 0 Å². The molecule has 0 aliphatic rings. The Balaban J connectivity index is 1.73. The number of nitrogens with zero attached hydrogens (tertiary/aromatic N) is 2. The smallest absolute Gasteiger partial charge is 0.248 e. The van der Waals surface area contributed by atoms with E-state index in [-0.39, 0.29) is 0 Å². The van der Waals surface area contributed by atoms with Crippen LogP contribution in [0.15, 0.2) is 59.6 Å². The highest BCUT2D eigenvalue weighted by molar-refractivity contribution is 5.92. The average molecular weight is 367 g/mol.